The van der Waals surface area contributed by atoms with E-state index in [0.717, 1.165) is 11.0 Å². The Bertz CT molecular complexity index is 379. The minimum atomic E-state index is 0.389. The highest BCUT2D eigenvalue weighted by Crippen LogP contribution is 2.28. The molecular formula is C16H24BrN. The zero-order chi connectivity index (χ0) is 13.7. The van der Waals surface area contributed by atoms with E-state index < -0.39 is 0 Å². The van der Waals surface area contributed by atoms with Crippen LogP contribution in [0.4, 0.5) is 0 Å². The normalized spacial score (nSPS) is 13.1. The van der Waals surface area contributed by atoms with Gasteiger partial charge in [0.05, 0.1) is 0 Å². The van der Waals surface area contributed by atoms with Crippen LogP contribution in [0.5, 0.6) is 0 Å². The summed E-state index contributed by atoms with van der Waals surface area (Å²) >= 11 is 3.48. The second-order valence-electron chi connectivity index (χ2n) is 5.40. The lowest BCUT2D eigenvalue weighted by atomic mass is 9.85. The SMILES string of the molecule is C=C(C(C)C)[C@H](CNC(C)C)c1ccc(Br)cc1. The molecule has 0 radical (unpaired) electrons. The van der Waals surface area contributed by atoms with Crippen molar-refractivity contribution < 1.29 is 0 Å². The van der Waals surface area contributed by atoms with Crippen molar-refractivity contribution in [1.82, 2.24) is 5.32 Å². The Morgan fingerprint density at radius 1 is 1.17 bits per heavy atom. The predicted molar refractivity (Wildman–Crippen MR) is 84.0 cm³/mol. The molecule has 0 bridgehead atoms. The summed E-state index contributed by atoms with van der Waals surface area (Å²) in [5, 5.41) is 3.52. The third kappa shape index (κ3) is 4.58. The Hall–Kier alpha value is -0.600. The summed E-state index contributed by atoms with van der Waals surface area (Å²) in [6, 6.07) is 9.08. The monoisotopic (exact) mass is 309 g/mol. The number of hydrogen-bond donors (Lipinski definition) is 1. The Morgan fingerprint density at radius 3 is 2.17 bits per heavy atom. The van der Waals surface area contributed by atoms with Crippen molar-refractivity contribution in [1.29, 1.82) is 0 Å². The Kier molecular flexibility index (Phi) is 6.10. The van der Waals surface area contributed by atoms with Gasteiger partial charge in [-0.05, 0) is 23.6 Å². The fraction of sp³-hybridized carbons (Fsp3) is 0.500. The van der Waals surface area contributed by atoms with E-state index >= 15 is 0 Å². The molecule has 0 aliphatic carbocycles. The van der Waals surface area contributed by atoms with Crippen LogP contribution in [0.25, 0.3) is 0 Å². The van der Waals surface area contributed by atoms with Crippen molar-refractivity contribution >= 4 is 15.9 Å². The molecule has 0 heterocycles. The number of halogens is 1. The standard InChI is InChI=1S/C16H24BrN/c1-11(2)13(5)16(10-18-12(3)4)14-6-8-15(17)9-7-14/h6-9,11-12,16,18H,5,10H2,1-4H3/t16-/m0/s1. The van der Waals surface area contributed by atoms with Crippen LogP contribution in [-0.4, -0.2) is 12.6 Å². The second-order valence-corrected chi connectivity index (χ2v) is 6.31. The summed E-state index contributed by atoms with van der Waals surface area (Å²) in [5.41, 5.74) is 2.63. The minimum absolute atomic E-state index is 0.389. The van der Waals surface area contributed by atoms with E-state index in [2.05, 4.69) is 79.8 Å². The van der Waals surface area contributed by atoms with Gasteiger partial charge >= 0.3 is 0 Å². The number of nitrogens with one attached hydrogen (secondary N) is 1. The summed E-state index contributed by atoms with van der Waals surface area (Å²) < 4.78 is 1.12. The van der Waals surface area contributed by atoms with E-state index in [9.17, 15) is 0 Å². The van der Waals surface area contributed by atoms with Gasteiger partial charge in [-0.15, -0.1) is 0 Å². The summed E-state index contributed by atoms with van der Waals surface area (Å²) in [7, 11) is 0. The van der Waals surface area contributed by atoms with Gasteiger partial charge in [0.15, 0.2) is 0 Å². The van der Waals surface area contributed by atoms with Crippen molar-refractivity contribution in [3.05, 3.63) is 46.5 Å². The zero-order valence-corrected chi connectivity index (χ0v) is 13.4. The number of rotatable bonds is 6. The lowest BCUT2D eigenvalue weighted by Gasteiger charge is -2.24. The Labute approximate surface area is 120 Å². The molecule has 1 N–H and O–H groups in total. The molecule has 0 aliphatic rings. The molecule has 100 valence electrons. The molecule has 18 heavy (non-hydrogen) atoms. The maximum Gasteiger partial charge on any atom is 0.0175 e. The van der Waals surface area contributed by atoms with Gasteiger partial charge in [0.25, 0.3) is 0 Å². The van der Waals surface area contributed by atoms with E-state index in [0.29, 0.717) is 17.9 Å². The van der Waals surface area contributed by atoms with Gasteiger partial charge in [-0.1, -0.05) is 67.9 Å². The van der Waals surface area contributed by atoms with Crippen molar-refractivity contribution in [2.75, 3.05) is 6.54 Å². The van der Waals surface area contributed by atoms with E-state index in [1.165, 1.54) is 11.1 Å². The highest BCUT2D eigenvalue weighted by Gasteiger charge is 2.17. The first-order valence-electron chi connectivity index (χ1n) is 6.59. The molecule has 1 aromatic rings. The number of benzene rings is 1. The van der Waals surface area contributed by atoms with Crippen molar-refractivity contribution in [2.45, 2.75) is 39.7 Å². The molecule has 1 nitrogen and oxygen atoms in total. The Morgan fingerprint density at radius 2 is 1.72 bits per heavy atom. The third-order valence-corrected chi connectivity index (χ3v) is 3.72. The van der Waals surface area contributed by atoms with Crippen molar-refractivity contribution in [3.63, 3.8) is 0 Å². The fourth-order valence-corrected chi connectivity index (χ4v) is 2.18. The first-order valence-corrected chi connectivity index (χ1v) is 7.38. The molecule has 0 fully saturated rings. The van der Waals surface area contributed by atoms with Crippen LogP contribution in [-0.2, 0) is 0 Å². The first-order chi connectivity index (χ1) is 8.41. The highest BCUT2D eigenvalue weighted by molar-refractivity contribution is 9.10. The average Bonchev–Trinajstić information content (AvgIpc) is 2.30. The summed E-state index contributed by atoms with van der Waals surface area (Å²) in [5.74, 6) is 0.896. The van der Waals surface area contributed by atoms with Crippen LogP contribution >= 0.6 is 15.9 Å². The van der Waals surface area contributed by atoms with Crippen LogP contribution in [0.15, 0.2) is 40.9 Å². The molecule has 1 aromatic carbocycles. The van der Waals surface area contributed by atoms with E-state index in [1.807, 2.05) is 0 Å². The molecule has 0 aliphatic heterocycles. The molecule has 1 rings (SSSR count). The average molecular weight is 310 g/mol. The largest absolute Gasteiger partial charge is 0.314 e. The molecule has 0 amide bonds. The maximum absolute atomic E-state index is 4.28. The summed E-state index contributed by atoms with van der Waals surface area (Å²) in [6.45, 7) is 14.0. The third-order valence-electron chi connectivity index (χ3n) is 3.19. The molecule has 0 spiro atoms. The number of hydrogen-bond acceptors (Lipinski definition) is 1. The van der Waals surface area contributed by atoms with E-state index in [-0.39, 0.29) is 0 Å². The molecule has 0 saturated heterocycles. The van der Waals surface area contributed by atoms with Crippen LogP contribution in [0.2, 0.25) is 0 Å². The van der Waals surface area contributed by atoms with Gasteiger partial charge in [-0.2, -0.15) is 0 Å². The molecule has 0 aromatic heterocycles. The van der Waals surface area contributed by atoms with Gasteiger partial charge in [0.1, 0.15) is 0 Å². The smallest absolute Gasteiger partial charge is 0.0175 e. The predicted octanol–water partition coefficient (Wildman–Crippen LogP) is 4.74. The van der Waals surface area contributed by atoms with Crippen LogP contribution in [0.3, 0.4) is 0 Å². The van der Waals surface area contributed by atoms with E-state index in [1.54, 1.807) is 0 Å². The molecule has 0 unspecified atom stereocenters. The fourth-order valence-electron chi connectivity index (χ4n) is 1.91. The van der Waals surface area contributed by atoms with Crippen molar-refractivity contribution in [2.24, 2.45) is 5.92 Å². The second kappa shape index (κ2) is 7.10. The molecule has 0 saturated carbocycles. The minimum Gasteiger partial charge on any atom is -0.314 e. The highest BCUT2D eigenvalue weighted by atomic mass is 79.9. The maximum atomic E-state index is 4.28. The van der Waals surface area contributed by atoms with Gasteiger partial charge < -0.3 is 5.32 Å². The zero-order valence-electron chi connectivity index (χ0n) is 11.8. The van der Waals surface area contributed by atoms with Gasteiger partial charge in [-0.3, -0.25) is 0 Å². The van der Waals surface area contributed by atoms with Gasteiger partial charge in [0, 0.05) is 23.0 Å². The summed E-state index contributed by atoms with van der Waals surface area (Å²) in [6.07, 6.45) is 0. The van der Waals surface area contributed by atoms with Crippen LogP contribution in [0, 0.1) is 5.92 Å². The lowest BCUT2D eigenvalue weighted by molar-refractivity contribution is 0.535. The molecule has 1 atom stereocenters. The molecular weight excluding hydrogens is 286 g/mol. The van der Waals surface area contributed by atoms with E-state index in [4.69, 9.17) is 0 Å². The van der Waals surface area contributed by atoms with Crippen LogP contribution in [0.1, 0.15) is 39.2 Å². The lowest BCUT2D eigenvalue weighted by Crippen LogP contribution is -2.29. The summed E-state index contributed by atoms with van der Waals surface area (Å²) in [4.78, 5) is 0. The Balaban J connectivity index is 2.89. The molecule has 2 heteroatoms. The first kappa shape index (κ1) is 15.5. The van der Waals surface area contributed by atoms with Gasteiger partial charge in [0.2, 0.25) is 0 Å². The van der Waals surface area contributed by atoms with Crippen molar-refractivity contribution in [3.8, 4) is 0 Å². The van der Waals surface area contributed by atoms with Crippen LogP contribution < -0.4 is 5.32 Å². The quantitative estimate of drug-likeness (QED) is 0.748. The van der Waals surface area contributed by atoms with Gasteiger partial charge in [-0.25, -0.2) is 0 Å². The topological polar surface area (TPSA) is 12.0 Å².